The molecule has 152 valence electrons. The van der Waals surface area contributed by atoms with E-state index < -0.39 is 11.5 Å². The quantitative estimate of drug-likeness (QED) is 0.619. The fourth-order valence-electron chi connectivity index (χ4n) is 4.15. The van der Waals surface area contributed by atoms with Gasteiger partial charge in [-0.3, -0.25) is 9.59 Å². The highest BCUT2D eigenvalue weighted by atomic mass is 32.1. The number of aryl methyl sites for hydroxylation is 2. The summed E-state index contributed by atoms with van der Waals surface area (Å²) in [6, 6.07) is 6.08. The van der Waals surface area contributed by atoms with E-state index in [-0.39, 0.29) is 17.3 Å². The van der Waals surface area contributed by atoms with Crippen LogP contribution in [0.3, 0.4) is 0 Å². The number of H-pyrrole nitrogens is 1. The number of aromatic amines is 1. The van der Waals surface area contributed by atoms with Gasteiger partial charge in [0.15, 0.2) is 11.9 Å². The zero-order valence-corrected chi connectivity index (χ0v) is 17.5. The number of halogens is 1. The molecule has 1 saturated carbocycles. The van der Waals surface area contributed by atoms with Crippen LogP contribution in [0.25, 0.3) is 10.2 Å². The summed E-state index contributed by atoms with van der Waals surface area (Å²) in [5, 5.41) is 0.591. The molecule has 0 saturated heterocycles. The summed E-state index contributed by atoms with van der Waals surface area (Å²) in [7, 11) is 0. The first-order valence-electron chi connectivity index (χ1n) is 9.79. The van der Waals surface area contributed by atoms with Crippen LogP contribution < -0.4 is 5.56 Å². The smallest absolute Gasteiger partial charge is 0.317 e. The zero-order chi connectivity index (χ0) is 20.8. The predicted octanol–water partition coefficient (Wildman–Crippen LogP) is 4.86. The Morgan fingerprint density at radius 3 is 2.55 bits per heavy atom. The Morgan fingerprint density at radius 2 is 1.90 bits per heavy atom. The summed E-state index contributed by atoms with van der Waals surface area (Å²) in [5.41, 5.74) is 0.706. The molecule has 1 fully saturated rings. The normalized spacial score (nSPS) is 16.8. The van der Waals surface area contributed by atoms with Gasteiger partial charge in [-0.1, -0.05) is 25.0 Å². The van der Waals surface area contributed by atoms with Gasteiger partial charge in [0.1, 0.15) is 10.6 Å². The molecular formula is C22H23FN2O3S. The van der Waals surface area contributed by atoms with Crippen molar-refractivity contribution >= 4 is 27.5 Å². The van der Waals surface area contributed by atoms with E-state index in [1.807, 2.05) is 13.8 Å². The lowest BCUT2D eigenvalue weighted by atomic mass is 9.79. The number of hydrogen-bond donors (Lipinski definition) is 1. The maximum Gasteiger partial charge on any atom is 0.317 e. The van der Waals surface area contributed by atoms with E-state index in [2.05, 4.69) is 9.97 Å². The van der Waals surface area contributed by atoms with Crippen molar-refractivity contribution in [3.05, 3.63) is 62.3 Å². The minimum atomic E-state index is -0.775. The maximum absolute atomic E-state index is 13.4. The number of benzene rings is 1. The van der Waals surface area contributed by atoms with Crippen LogP contribution in [0, 0.1) is 19.7 Å². The molecule has 0 amide bonds. The second kappa shape index (κ2) is 7.37. The minimum Gasteiger partial charge on any atom is -0.454 e. The van der Waals surface area contributed by atoms with Gasteiger partial charge in [-0.05, 0) is 56.9 Å². The summed E-state index contributed by atoms with van der Waals surface area (Å²) in [6.07, 6.45) is 2.46. The van der Waals surface area contributed by atoms with E-state index in [4.69, 9.17) is 4.74 Å². The number of hydrogen-bond acceptors (Lipinski definition) is 5. The Morgan fingerprint density at radius 1 is 1.24 bits per heavy atom. The molecule has 2 heterocycles. The Labute approximate surface area is 171 Å². The second-order valence-electron chi connectivity index (χ2n) is 7.76. The molecule has 1 atom stereocenters. The van der Waals surface area contributed by atoms with Crippen LogP contribution in [0.5, 0.6) is 0 Å². The van der Waals surface area contributed by atoms with Crippen LogP contribution in [0.1, 0.15) is 60.5 Å². The van der Waals surface area contributed by atoms with Crippen molar-refractivity contribution in [1.82, 2.24) is 9.97 Å². The number of nitrogens with one attached hydrogen (secondary N) is 1. The summed E-state index contributed by atoms with van der Waals surface area (Å²) >= 11 is 1.46. The molecule has 29 heavy (non-hydrogen) atoms. The molecule has 0 spiro atoms. The van der Waals surface area contributed by atoms with Crippen LogP contribution in [-0.4, -0.2) is 15.9 Å². The Kier molecular flexibility index (Phi) is 5.02. The van der Waals surface area contributed by atoms with Crippen molar-refractivity contribution < 1.29 is 13.9 Å². The molecule has 3 aromatic rings. The van der Waals surface area contributed by atoms with Gasteiger partial charge < -0.3 is 9.72 Å². The molecule has 4 rings (SSSR count). The molecule has 5 nitrogen and oxygen atoms in total. The highest BCUT2D eigenvalue weighted by Gasteiger charge is 2.45. The number of fused-ring (bicyclic) bond motifs is 1. The Balaban J connectivity index is 1.64. The minimum absolute atomic E-state index is 0.219. The Bertz CT molecular complexity index is 1130. The summed E-state index contributed by atoms with van der Waals surface area (Å²) < 4.78 is 19.2. The molecule has 1 aliphatic carbocycles. The molecule has 1 aromatic carbocycles. The van der Waals surface area contributed by atoms with E-state index in [0.29, 0.717) is 28.9 Å². The topological polar surface area (TPSA) is 72.0 Å². The lowest BCUT2D eigenvalue weighted by molar-refractivity contribution is -0.156. The van der Waals surface area contributed by atoms with Gasteiger partial charge in [0, 0.05) is 4.88 Å². The first kappa shape index (κ1) is 19.8. The molecule has 0 unspecified atom stereocenters. The van der Waals surface area contributed by atoms with Crippen molar-refractivity contribution in [3.63, 3.8) is 0 Å². The average molecular weight is 415 g/mol. The van der Waals surface area contributed by atoms with Gasteiger partial charge >= 0.3 is 5.97 Å². The van der Waals surface area contributed by atoms with E-state index >= 15 is 0 Å². The first-order valence-corrected chi connectivity index (χ1v) is 10.6. The molecule has 0 radical (unpaired) electrons. The van der Waals surface area contributed by atoms with Crippen molar-refractivity contribution in [2.75, 3.05) is 0 Å². The second-order valence-corrected chi connectivity index (χ2v) is 8.96. The van der Waals surface area contributed by atoms with Crippen LogP contribution in [0.2, 0.25) is 0 Å². The van der Waals surface area contributed by atoms with E-state index in [9.17, 15) is 14.0 Å². The number of thiophene rings is 1. The molecule has 1 aliphatic rings. The van der Waals surface area contributed by atoms with E-state index in [0.717, 1.165) is 28.8 Å². The van der Waals surface area contributed by atoms with Gasteiger partial charge in [0.2, 0.25) is 0 Å². The van der Waals surface area contributed by atoms with E-state index in [1.165, 1.54) is 23.5 Å². The number of rotatable bonds is 4. The van der Waals surface area contributed by atoms with Crippen LogP contribution in [0.4, 0.5) is 4.39 Å². The average Bonchev–Trinajstić information content (AvgIpc) is 3.28. The van der Waals surface area contributed by atoms with E-state index in [1.54, 1.807) is 19.1 Å². The molecular weight excluding hydrogens is 391 g/mol. The lowest BCUT2D eigenvalue weighted by Crippen LogP contribution is -2.35. The fraction of sp³-hybridized carbons (Fsp3) is 0.409. The van der Waals surface area contributed by atoms with Crippen molar-refractivity contribution in [1.29, 1.82) is 0 Å². The first-order chi connectivity index (χ1) is 13.8. The zero-order valence-electron chi connectivity index (χ0n) is 16.7. The van der Waals surface area contributed by atoms with Gasteiger partial charge in [-0.25, -0.2) is 9.37 Å². The number of ether oxygens (including phenoxy) is 1. The molecule has 2 aromatic heterocycles. The highest BCUT2D eigenvalue weighted by Crippen LogP contribution is 2.43. The predicted molar refractivity (Wildman–Crippen MR) is 111 cm³/mol. The lowest BCUT2D eigenvalue weighted by Gasteiger charge is -2.28. The van der Waals surface area contributed by atoms with Gasteiger partial charge in [-0.15, -0.1) is 11.3 Å². The number of nitrogens with zero attached hydrogens (tertiary/aromatic N) is 1. The standard InChI is InChI=1S/C22H23FN2O3S/c1-12-14(3)29-20-17(12)19(26)24-18(25-20)13(2)28-21(27)22(10-4-5-11-22)15-6-8-16(23)9-7-15/h6-9,13H,4-5,10-11H2,1-3H3,(H,24,25,26)/t13-/m1/s1. The summed E-state index contributed by atoms with van der Waals surface area (Å²) in [6.45, 7) is 5.57. The van der Waals surface area contributed by atoms with Crippen molar-refractivity contribution in [2.45, 2.75) is 58.0 Å². The van der Waals surface area contributed by atoms with Gasteiger partial charge in [-0.2, -0.15) is 0 Å². The van der Waals surface area contributed by atoms with Crippen LogP contribution in [-0.2, 0) is 14.9 Å². The third-order valence-corrected chi connectivity index (χ3v) is 7.07. The third kappa shape index (κ3) is 3.37. The maximum atomic E-state index is 13.4. The number of esters is 1. The van der Waals surface area contributed by atoms with Crippen LogP contribution >= 0.6 is 11.3 Å². The van der Waals surface area contributed by atoms with Gasteiger partial charge in [0.25, 0.3) is 5.56 Å². The number of carbonyl (C=O) groups is 1. The fourth-order valence-corrected chi connectivity index (χ4v) is 5.19. The molecule has 0 aliphatic heterocycles. The number of aromatic nitrogens is 2. The van der Waals surface area contributed by atoms with Crippen molar-refractivity contribution in [3.8, 4) is 0 Å². The third-order valence-electron chi connectivity index (χ3n) is 5.97. The van der Waals surface area contributed by atoms with Crippen LogP contribution in [0.15, 0.2) is 29.1 Å². The summed E-state index contributed by atoms with van der Waals surface area (Å²) in [4.78, 5) is 34.7. The molecule has 7 heteroatoms. The Hall–Kier alpha value is -2.54. The molecule has 1 N–H and O–H groups in total. The molecule has 0 bridgehead atoms. The van der Waals surface area contributed by atoms with Crippen molar-refractivity contribution in [2.24, 2.45) is 0 Å². The highest BCUT2D eigenvalue weighted by molar-refractivity contribution is 7.18. The number of carbonyl (C=O) groups excluding carboxylic acids is 1. The SMILES string of the molecule is Cc1sc2nc([C@@H](C)OC(=O)C3(c4ccc(F)cc4)CCCC3)[nH]c(=O)c2c1C. The monoisotopic (exact) mass is 414 g/mol. The largest absolute Gasteiger partial charge is 0.454 e. The van der Waals surface area contributed by atoms with Gasteiger partial charge in [0.05, 0.1) is 10.8 Å². The summed E-state index contributed by atoms with van der Waals surface area (Å²) in [5.74, 6) is -0.347.